The third-order valence-corrected chi connectivity index (χ3v) is 4.09. The van der Waals surface area contributed by atoms with Gasteiger partial charge in [0.05, 0.1) is 6.54 Å². The van der Waals surface area contributed by atoms with E-state index in [1.807, 2.05) is 0 Å². The molecule has 0 atom stereocenters. The van der Waals surface area contributed by atoms with E-state index in [1.54, 1.807) is 17.4 Å². The molecule has 1 fully saturated rings. The van der Waals surface area contributed by atoms with Crippen LogP contribution in [-0.2, 0) is 6.54 Å². The predicted molar refractivity (Wildman–Crippen MR) is 75.4 cm³/mol. The van der Waals surface area contributed by atoms with Crippen molar-refractivity contribution in [2.45, 2.75) is 32.2 Å². The zero-order valence-corrected chi connectivity index (χ0v) is 11.7. The van der Waals surface area contributed by atoms with Gasteiger partial charge < -0.3 is 5.32 Å². The van der Waals surface area contributed by atoms with Gasteiger partial charge in [-0.3, -0.25) is 0 Å². The maximum absolute atomic E-state index is 6.02. The molecule has 0 saturated heterocycles. The zero-order valence-electron chi connectivity index (χ0n) is 10.1. The molecule has 1 aliphatic rings. The molecule has 1 N–H and O–H groups in total. The molecule has 3 nitrogen and oxygen atoms in total. The Morgan fingerprint density at radius 1 is 1.39 bits per heavy atom. The van der Waals surface area contributed by atoms with Crippen LogP contribution in [0.4, 0.5) is 5.82 Å². The first kappa shape index (κ1) is 11.9. The summed E-state index contributed by atoms with van der Waals surface area (Å²) >= 11 is 7.81. The highest BCUT2D eigenvalue weighted by molar-refractivity contribution is 7.11. The largest absolute Gasteiger partial charge is 0.365 e. The lowest BCUT2D eigenvalue weighted by atomic mass is 10.4. The molecule has 0 amide bonds. The molecule has 3 rings (SSSR count). The maximum Gasteiger partial charge on any atom is 0.135 e. The van der Waals surface area contributed by atoms with E-state index in [9.17, 15) is 0 Å². The van der Waals surface area contributed by atoms with E-state index < -0.39 is 0 Å². The number of aromatic nitrogens is 2. The first-order valence-corrected chi connectivity index (χ1v) is 7.24. The Kier molecular flexibility index (Phi) is 3.22. The molecule has 18 heavy (non-hydrogen) atoms. The second-order valence-corrected chi connectivity index (χ2v) is 6.33. The van der Waals surface area contributed by atoms with Crippen molar-refractivity contribution in [3.8, 4) is 0 Å². The monoisotopic (exact) mass is 279 g/mol. The van der Waals surface area contributed by atoms with Gasteiger partial charge in [0.25, 0.3) is 0 Å². The number of halogens is 1. The second-order valence-electron chi connectivity index (χ2n) is 4.57. The van der Waals surface area contributed by atoms with Crippen LogP contribution in [0.15, 0.2) is 18.2 Å². The first-order chi connectivity index (χ1) is 8.70. The van der Waals surface area contributed by atoms with Gasteiger partial charge >= 0.3 is 0 Å². The number of rotatable bonds is 4. The van der Waals surface area contributed by atoms with E-state index in [4.69, 9.17) is 11.6 Å². The van der Waals surface area contributed by atoms with Crippen LogP contribution in [0.5, 0.6) is 0 Å². The molecule has 0 unspecified atom stereocenters. The molecule has 2 aromatic heterocycles. The number of aryl methyl sites for hydroxylation is 1. The number of hydrogen-bond acceptors (Lipinski definition) is 4. The molecule has 1 saturated carbocycles. The minimum absolute atomic E-state index is 0.522. The summed E-state index contributed by atoms with van der Waals surface area (Å²) in [5, 5.41) is 3.84. The third-order valence-electron chi connectivity index (χ3n) is 2.89. The Labute approximate surface area is 115 Å². The van der Waals surface area contributed by atoms with Crippen molar-refractivity contribution in [2.75, 3.05) is 5.32 Å². The van der Waals surface area contributed by atoms with Crippen LogP contribution in [0.1, 0.15) is 34.3 Å². The number of anilines is 1. The standard InChI is InChI=1S/C13H14ClN3S/c1-8-2-5-10(18-8)7-15-12-6-11(14)16-13(17-12)9-3-4-9/h2,5-6,9H,3-4,7H2,1H3,(H,15,16,17). The summed E-state index contributed by atoms with van der Waals surface area (Å²) < 4.78 is 0. The highest BCUT2D eigenvalue weighted by Crippen LogP contribution is 2.38. The van der Waals surface area contributed by atoms with Crippen LogP contribution >= 0.6 is 22.9 Å². The summed E-state index contributed by atoms with van der Waals surface area (Å²) in [4.78, 5) is 11.4. The minimum atomic E-state index is 0.522. The van der Waals surface area contributed by atoms with Crippen molar-refractivity contribution in [3.63, 3.8) is 0 Å². The van der Waals surface area contributed by atoms with Crippen LogP contribution in [-0.4, -0.2) is 9.97 Å². The van der Waals surface area contributed by atoms with Crippen molar-refractivity contribution in [1.29, 1.82) is 0 Å². The molecule has 0 bridgehead atoms. The Morgan fingerprint density at radius 2 is 2.22 bits per heavy atom. The molecule has 0 radical (unpaired) electrons. The van der Waals surface area contributed by atoms with E-state index >= 15 is 0 Å². The van der Waals surface area contributed by atoms with Crippen LogP contribution in [0.25, 0.3) is 0 Å². The molecule has 94 valence electrons. The van der Waals surface area contributed by atoms with Crippen molar-refractivity contribution in [2.24, 2.45) is 0 Å². The fourth-order valence-corrected chi connectivity index (χ4v) is 2.83. The Bertz CT molecular complexity index is 563. The van der Waals surface area contributed by atoms with Crippen LogP contribution in [0, 0.1) is 6.92 Å². The van der Waals surface area contributed by atoms with E-state index in [2.05, 4.69) is 34.3 Å². The summed E-state index contributed by atoms with van der Waals surface area (Å²) in [6.45, 7) is 2.90. The van der Waals surface area contributed by atoms with Gasteiger partial charge in [-0.2, -0.15) is 0 Å². The van der Waals surface area contributed by atoms with Gasteiger partial charge in [-0.15, -0.1) is 11.3 Å². The molecule has 1 aliphatic carbocycles. The van der Waals surface area contributed by atoms with Gasteiger partial charge in [0, 0.05) is 21.7 Å². The van der Waals surface area contributed by atoms with E-state index in [0.29, 0.717) is 11.1 Å². The third kappa shape index (κ3) is 2.82. The summed E-state index contributed by atoms with van der Waals surface area (Å²) in [5.74, 6) is 2.23. The molecular formula is C13H14ClN3S. The van der Waals surface area contributed by atoms with E-state index in [-0.39, 0.29) is 0 Å². The Balaban J connectivity index is 1.71. The fraction of sp³-hybridized carbons (Fsp3) is 0.385. The topological polar surface area (TPSA) is 37.8 Å². The Hall–Kier alpha value is -1.13. The predicted octanol–water partition coefficient (Wildman–Crippen LogP) is 3.99. The molecular weight excluding hydrogens is 266 g/mol. The number of nitrogens with zero attached hydrogens (tertiary/aromatic N) is 2. The molecule has 2 heterocycles. The van der Waals surface area contributed by atoms with Crippen LogP contribution in [0.3, 0.4) is 0 Å². The van der Waals surface area contributed by atoms with Gasteiger partial charge in [-0.1, -0.05) is 11.6 Å². The first-order valence-electron chi connectivity index (χ1n) is 6.04. The minimum Gasteiger partial charge on any atom is -0.365 e. The molecule has 0 aliphatic heterocycles. The lowest BCUT2D eigenvalue weighted by molar-refractivity contribution is 0.922. The summed E-state index contributed by atoms with van der Waals surface area (Å²) in [7, 11) is 0. The quantitative estimate of drug-likeness (QED) is 0.860. The average Bonchev–Trinajstić information content (AvgIpc) is 3.10. The Morgan fingerprint density at radius 3 is 2.89 bits per heavy atom. The number of nitrogens with one attached hydrogen (secondary N) is 1. The van der Waals surface area contributed by atoms with Crippen LogP contribution < -0.4 is 5.32 Å². The fourth-order valence-electron chi connectivity index (χ4n) is 1.81. The summed E-state index contributed by atoms with van der Waals surface area (Å²) in [5.41, 5.74) is 0. The van der Waals surface area contributed by atoms with Crippen molar-refractivity contribution < 1.29 is 0 Å². The van der Waals surface area contributed by atoms with Gasteiger partial charge in [0.2, 0.25) is 0 Å². The van der Waals surface area contributed by atoms with Crippen molar-refractivity contribution >= 4 is 28.8 Å². The molecule has 5 heteroatoms. The number of hydrogen-bond donors (Lipinski definition) is 1. The highest BCUT2D eigenvalue weighted by Gasteiger charge is 2.27. The highest BCUT2D eigenvalue weighted by atomic mass is 35.5. The average molecular weight is 280 g/mol. The van der Waals surface area contributed by atoms with Gasteiger partial charge in [-0.05, 0) is 31.9 Å². The lowest BCUT2D eigenvalue weighted by Gasteiger charge is -2.06. The SMILES string of the molecule is Cc1ccc(CNc2cc(Cl)nc(C3CC3)n2)s1. The second kappa shape index (κ2) is 4.86. The molecule has 2 aromatic rings. The maximum atomic E-state index is 6.02. The lowest BCUT2D eigenvalue weighted by Crippen LogP contribution is -2.03. The summed E-state index contributed by atoms with van der Waals surface area (Å²) in [6.07, 6.45) is 2.37. The van der Waals surface area contributed by atoms with Crippen molar-refractivity contribution in [1.82, 2.24) is 9.97 Å². The van der Waals surface area contributed by atoms with E-state index in [0.717, 1.165) is 18.2 Å². The zero-order chi connectivity index (χ0) is 12.5. The van der Waals surface area contributed by atoms with E-state index in [1.165, 1.54) is 22.6 Å². The van der Waals surface area contributed by atoms with Gasteiger partial charge in [0.1, 0.15) is 16.8 Å². The smallest absolute Gasteiger partial charge is 0.135 e. The normalized spacial score (nSPS) is 14.8. The van der Waals surface area contributed by atoms with Gasteiger partial charge in [0.15, 0.2) is 0 Å². The van der Waals surface area contributed by atoms with Crippen molar-refractivity contribution in [3.05, 3.63) is 38.9 Å². The summed E-state index contributed by atoms with van der Waals surface area (Å²) in [6, 6.07) is 6.05. The molecule has 0 spiro atoms. The molecule has 0 aromatic carbocycles. The van der Waals surface area contributed by atoms with Gasteiger partial charge in [-0.25, -0.2) is 9.97 Å². The number of thiophene rings is 1. The van der Waals surface area contributed by atoms with Crippen LogP contribution in [0.2, 0.25) is 5.15 Å².